The standard InChI is InChI=1S/C15H14ClN3S/c16-7-2-4-11-3-1-5-12(9-11)19-14-13-6-8-20-15(13)18-10-17-14/h1,3,5-6,8-10H,2,4,7H2,(H,17,18,19). The molecule has 0 aliphatic heterocycles. The van der Waals surface area contributed by atoms with E-state index in [-0.39, 0.29) is 0 Å². The van der Waals surface area contributed by atoms with E-state index in [1.165, 1.54) is 5.56 Å². The van der Waals surface area contributed by atoms with Gasteiger partial charge in [0, 0.05) is 11.6 Å². The molecule has 0 spiro atoms. The van der Waals surface area contributed by atoms with Gasteiger partial charge in [-0.25, -0.2) is 9.97 Å². The Morgan fingerprint density at radius 1 is 1.20 bits per heavy atom. The van der Waals surface area contributed by atoms with Crippen molar-refractivity contribution in [3.8, 4) is 0 Å². The Morgan fingerprint density at radius 3 is 3.05 bits per heavy atom. The number of nitrogens with zero attached hydrogens (tertiary/aromatic N) is 2. The molecule has 3 rings (SSSR count). The number of anilines is 2. The summed E-state index contributed by atoms with van der Waals surface area (Å²) in [4.78, 5) is 9.58. The highest BCUT2D eigenvalue weighted by atomic mass is 35.5. The second-order valence-electron chi connectivity index (χ2n) is 4.48. The molecular weight excluding hydrogens is 290 g/mol. The molecule has 3 nitrogen and oxygen atoms in total. The summed E-state index contributed by atoms with van der Waals surface area (Å²) in [6.07, 6.45) is 3.59. The lowest BCUT2D eigenvalue weighted by Gasteiger charge is -2.08. The monoisotopic (exact) mass is 303 g/mol. The van der Waals surface area contributed by atoms with E-state index in [4.69, 9.17) is 11.6 Å². The van der Waals surface area contributed by atoms with Crippen LogP contribution in [-0.4, -0.2) is 15.8 Å². The van der Waals surface area contributed by atoms with Gasteiger partial charge in [-0.2, -0.15) is 0 Å². The van der Waals surface area contributed by atoms with Crippen molar-refractivity contribution in [1.82, 2.24) is 9.97 Å². The van der Waals surface area contributed by atoms with Gasteiger partial charge in [0.1, 0.15) is 17.0 Å². The second kappa shape index (κ2) is 6.20. The zero-order chi connectivity index (χ0) is 13.8. The maximum atomic E-state index is 5.74. The van der Waals surface area contributed by atoms with Gasteiger partial charge in [0.25, 0.3) is 0 Å². The summed E-state index contributed by atoms with van der Waals surface area (Å²) in [6.45, 7) is 0. The number of alkyl halides is 1. The molecule has 0 aliphatic rings. The highest BCUT2D eigenvalue weighted by Crippen LogP contribution is 2.26. The first-order valence-electron chi connectivity index (χ1n) is 6.47. The molecule has 0 fully saturated rings. The molecule has 0 amide bonds. The number of aromatic nitrogens is 2. The quantitative estimate of drug-likeness (QED) is 0.700. The molecule has 0 radical (unpaired) electrons. The third kappa shape index (κ3) is 2.92. The average molecular weight is 304 g/mol. The van der Waals surface area contributed by atoms with E-state index in [2.05, 4.69) is 33.5 Å². The fourth-order valence-corrected chi connectivity index (χ4v) is 2.97. The zero-order valence-electron chi connectivity index (χ0n) is 10.8. The lowest BCUT2D eigenvalue weighted by atomic mass is 10.1. The number of nitrogens with one attached hydrogen (secondary N) is 1. The molecule has 0 saturated carbocycles. The molecule has 102 valence electrons. The number of fused-ring (bicyclic) bond motifs is 1. The first-order chi connectivity index (χ1) is 9.86. The van der Waals surface area contributed by atoms with Gasteiger partial charge in [-0.3, -0.25) is 0 Å². The van der Waals surface area contributed by atoms with E-state index in [0.717, 1.165) is 34.6 Å². The molecular formula is C15H14ClN3S. The number of benzene rings is 1. The lowest BCUT2D eigenvalue weighted by molar-refractivity contribution is 0.929. The molecule has 2 aromatic heterocycles. The average Bonchev–Trinajstić information content (AvgIpc) is 2.95. The van der Waals surface area contributed by atoms with Crippen molar-refractivity contribution < 1.29 is 0 Å². The van der Waals surface area contributed by atoms with E-state index < -0.39 is 0 Å². The number of thiophene rings is 1. The number of rotatable bonds is 5. The Bertz CT molecular complexity index is 711. The van der Waals surface area contributed by atoms with Crippen LogP contribution in [0.1, 0.15) is 12.0 Å². The predicted molar refractivity (Wildman–Crippen MR) is 86.2 cm³/mol. The molecule has 0 aliphatic carbocycles. The van der Waals surface area contributed by atoms with Crippen molar-refractivity contribution in [2.75, 3.05) is 11.2 Å². The first kappa shape index (κ1) is 13.3. The van der Waals surface area contributed by atoms with Crippen LogP contribution in [0.2, 0.25) is 0 Å². The summed E-state index contributed by atoms with van der Waals surface area (Å²) >= 11 is 7.36. The fourth-order valence-electron chi connectivity index (χ4n) is 2.10. The van der Waals surface area contributed by atoms with Gasteiger partial charge in [-0.05, 0) is 42.0 Å². The molecule has 0 unspecified atom stereocenters. The van der Waals surface area contributed by atoms with E-state index in [9.17, 15) is 0 Å². The zero-order valence-corrected chi connectivity index (χ0v) is 12.4. The fraction of sp³-hybridized carbons (Fsp3) is 0.200. The maximum Gasteiger partial charge on any atom is 0.142 e. The van der Waals surface area contributed by atoms with Crippen molar-refractivity contribution in [3.05, 3.63) is 47.6 Å². The minimum absolute atomic E-state index is 0.694. The summed E-state index contributed by atoms with van der Waals surface area (Å²) in [5, 5.41) is 6.46. The van der Waals surface area contributed by atoms with Crippen molar-refractivity contribution in [2.24, 2.45) is 0 Å². The van der Waals surface area contributed by atoms with Crippen molar-refractivity contribution in [3.63, 3.8) is 0 Å². The van der Waals surface area contributed by atoms with Crippen LogP contribution >= 0.6 is 22.9 Å². The molecule has 1 aromatic carbocycles. The molecule has 0 atom stereocenters. The molecule has 1 N–H and O–H groups in total. The van der Waals surface area contributed by atoms with E-state index in [0.29, 0.717) is 5.88 Å². The molecule has 0 saturated heterocycles. The van der Waals surface area contributed by atoms with Crippen LogP contribution < -0.4 is 5.32 Å². The van der Waals surface area contributed by atoms with Gasteiger partial charge >= 0.3 is 0 Å². The maximum absolute atomic E-state index is 5.74. The Hall–Kier alpha value is -1.65. The molecule has 5 heteroatoms. The topological polar surface area (TPSA) is 37.8 Å². The van der Waals surface area contributed by atoms with Crippen LogP contribution in [0, 0.1) is 0 Å². The Balaban J connectivity index is 1.85. The first-order valence-corrected chi connectivity index (χ1v) is 7.88. The van der Waals surface area contributed by atoms with Crippen molar-refractivity contribution in [1.29, 1.82) is 0 Å². The summed E-state index contributed by atoms with van der Waals surface area (Å²) < 4.78 is 0. The molecule has 0 bridgehead atoms. The number of hydrogen-bond donors (Lipinski definition) is 1. The SMILES string of the molecule is ClCCCc1cccc(Nc2ncnc3sccc23)c1. The summed E-state index contributed by atoms with van der Waals surface area (Å²) in [5.41, 5.74) is 2.33. The predicted octanol–water partition coefficient (Wildman–Crippen LogP) is 4.61. The minimum atomic E-state index is 0.694. The number of halogens is 1. The summed E-state index contributed by atoms with van der Waals surface area (Å²) in [6, 6.07) is 10.4. The van der Waals surface area contributed by atoms with Gasteiger partial charge < -0.3 is 5.32 Å². The minimum Gasteiger partial charge on any atom is -0.340 e. The smallest absolute Gasteiger partial charge is 0.142 e. The van der Waals surface area contributed by atoms with Crippen LogP contribution in [0.5, 0.6) is 0 Å². The largest absolute Gasteiger partial charge is 0.340 e. The van der Waals surface area contributed by atoms with Crippen LogP contribution in [0.4, 0.5) is 11.5 Å². The van der Waals surface area contributed by atoms with Crippen LogP contribution in [0.15, 0.2) is 42.0 Å². The summed E-state index contributed by atoms with van der Waals surface area (Å²) in [5.74, 6) is 1.55. The van der Waals surface area contributed by atoms with Crippen molar-refractivity contribution in [2.45, 2.75) is 12.8 Å². The van der Waals surface area contributed by atoms with Gasteiger partial charge in [0.2, 0.25) is 0 Å². The van der Waals surface area contributed by atoms with E-state index in [1.54, 1.807) is 17.7 Å². The van der Waals surface area contributed by atoms with Gasteiger partial charge in [0.15, 0.2) is 0 Å². The molecule has 2 heterocycles. The third-order valence-electron chi connectivity index (χ3n) is 3.05. The Kier molecular flexibility index (Phi) is 4.14. The normalized spacial score (nSPS) is 10.8. The lowest BCUT2D eigenvalue weighted by Crippen LogP contribution is -1.96. The van der Waals surface area contributed by atoms with Gasteiger partial charge in [0.05, 0.1) is 5.39 Å². The van der Waals surface area contributed by atoms with Gasteiger partial charge in [-0.15, -0.1) is 22.9 Å². The van der Waals surface area contributed by atoms with Crippen molar-refractivity contribution >= 4 is 44.7 Å². The highest BCUT2D eigenvalue weighted by Gasteiger charge is 2.05. The molecule has 20 heavy (non-hydrogen) atoms. The van der Waals surface area contributed by atoms with E-state index >= 15 is 0 Å². The number of hydrogen-bond acceptors (Lipinski definition) is 4. The highest BCUT2D eigenvalue weighted by molar-refractivity contribution is 7.16. The van der Waals surface area contributed by atoms with Crippen LogP contribution in [-0.2, 0) is 6.42 Å². The third-order valence-corrected chi connectivity index (χ3v) is 4.14. The Labute approximate surface area is 126 Å². The van der Waals surface area contributed by atoms with Crippen LogP contribution in [0.25, 0.3) is 10.2 Å². The summed E-state index contributed by atoms with van der Waals surface area (Å²) in [7, 11) is 0. The van der Waals surface area contributed by atoms with Gasteiger partial charge in [-0.1, -0.05) is 12.1 Å². The second-order valence-corrected chi connectivity index (χ2v) is 5.75. The molecule has 3 aromatic rings. The number of aryl methyl sites for hydroxylation is 1. The van der Waals surface area contributed by atoms with Crippen LogP contribution in [0.3, 0.4) is 0 Å². The van der Waals surface area contributed by atoms with E-state index in [1.807, 2.05) is 17.5 Å². The Morgan fingerprint density at radius 2 is 2.15 bits per heavy atom.